The van der Waals surface area contributed by atoms with Gasteiger partial charge in [-0.2, -0.15) is 0 Å². The lowest BCUT2D eigenvalue weighted by Gasteiger charge is -2.39. The lowest BCUT2D eigenvalue weighted by molar-refractivity contribution is -0.169. The van der Waals surface area contributed by atoms with Crippen LogP contribution in [0.1, 0.15) is 30.9 Å². The average Bonchev–Trinajstić information content (AvgIpc) is 2.84. The van der Waals surface area contributed by atoms with E-state index in [0.29, 0.717) is 22.6 Å². The summed E-state index contributed by atoms with van der Waals surface area (Å²) in [6.45, 7) is 1.27. The summed E-state index contributed by atoms with van der Waals surface area (Å²) in [6.07, 6.45) is -0.112. The monoisotopic (exact) mass is 499 g/mol. The quantitative estimate of drug-likeness (QED) is 0.137. The molecule has 36 heavy (non-hydrogen) atoms. The Kier molecular flexibility index (Phi) is 10.2. The fraction of sp³-hybridized carbons (Fsp3) is 0.360. The highest BCUT2D eigenvalue weighted by atomic mass is 16.5. The van der Waals surface area contributed by atoms with Crippen LogP contribution in [-0.4, -0.2) is 60.2 Å². The largest absolute Gasteiger partial charge is 0.497 e. The van der Waals surface area contributed by atoms with Gasteiger partial charge in [-0.05, 0) is 36.1 Å². The zero-order valence-corrected chi connectivity index (χ0v) is 20.7. The van der Waals surface area contributed by atoms with Crippen LogP contribution in [0, 0.1) is 0 Å². The number of imide groups is 1. The van der Waals surface area contributed by atoms with E-state index in [1.165, 1.54) is 14.2 Å². The lowest BCUT2D eigenvalue weighted by atomic mass is 9.98. The summed E-state index contributed by atoms with van der Waals surface area (Å²) >= 11 is 0. The van der Waals surface area contributed by atoms with Gasteiger partial charge in [-0.3, -0.25) is 24.8 Å². The first-order chi connectivity index (χ1) is 17.1. The third kappa shape index (κ3) is 7.44. The fourth-order valence-corrected chi connectivity index (χ4v) is 3.82. The number of nitrogens with two attached hydrogens (primary N) is 2. The third-order valence-electron chi connectivity index (χ3n) is 5.49. The van der Waals surface area contributed by atoms with Crippen LogP contribution in [0.4, 0.5) is 0 Å². The number of rotatable bonds is 13. The lowest BCUT2D eigenvalue weighted by Crippen LogP contribution is -2.67. The van der Waals surface area contributed by atoms with Crippen LogP contribution < -0.4 is 26.3 Å². The van der Waals surface area contributed by atoms with Crippen molar-refractivity contribution in [3.8, 4) is 11.5 Å². The molecule has 194 valence electrons. The molecule has 0 fully saturated rings. The molecule has 0 saturated heterocycles. The van der Waals surface area contributed by atoms with Gasteiger partial charge >= 0.3 is 5.97 Å². The van der Waals surface area contributed by atoms with E-state index in [1.54, 1.807) is 48.5 Å². The smallest absolute Gasteiger partial charge is 0.345 e. The molecular formula is C25H33N5O6. The van der Waals surface area contributed by atoms with Crippen molar-refractivity contribution in [3.05, 3.63) is 59.7 Å². The molecule has 0 spiro atoms. The number of amides is 2. The Hall–Kier alpha value is -4.12. The number of benzene rings is 2. The molecule has 1 atom stereocenters. The third-order valence-corrected chi connectivity index (χ3v) is 5.49. The topological polar surface area (TPSA) is 170 Å². The summed E-state index contributed by atoms with van der Waals surface area (Å²) in [6, 6.07) is 13.8. The molecule has 0 unspecified atom stereocenters. The van der Waals surface area contributed by atoms with Crippen molar-refractivity contribution >= 4 is 23.7 Å². The van der Waals surface area contributed by atoms with Crippen molar-refractivity contribution < 1.29 is 29.0 Å². The van der Waals surface area contributed by atoms with Gasteiger partial charge in [0.1, 0.15) is 11.5 Å². The highest BCUT2D eigenvalue weighted by molar-refractivity contribution is 6.00. The molecule has 2 aromatic rings. The van der Waals surface area contributed by atoms with Crippen LogP contribution in [0.15, 0.2) is 53.5 Å². The molecule has 0 aromatic heterocycles. The predicted octanol–water partition coefficient (Wildman–Crippen LogP) is 1.25. The Morgan fingerprint density at radius 2 is 1.64 bits per heavy atom. The second-order valence-corrected chi connectivity index (χ2v) is 8.06. The number of nitrogens with zero attached hydrogens (tertiary/aromatic N) is 2. The molecule has 2 amide bonds. The standard InChI is InChI=1S/C25H33N5O6/c1-17(31)30(22(32)14-18-8-5-4-6-9-18)25(23(33)34,10-7-11-28-24(26)27)29-16-19-12-20(35-2)15-21(13-19)36-3/h4-6,8-9,12-13,15,29H,7,10-11,14,16H2,1-3H3,(H,33,34)(H4,26,27,28)/t25-/m0/s1. The molecule has 2 aromatic carbocycles. The van der Waals surface area contributed by atoms with E-state index in [9.17, 15) is 19.5 Å². The van der Waals surface area contributed by atoms with Crippen molar-refractivity contribution in [1.82, 2.24) is 10.2 Å². The van der Waals surface area contributed by atoms with Crippen LogP contribution in [0.25, 0.3) is 0 Å². The summed E-state index contributed by atoms with van der Waals surface area (Å²) in [5.74, 6) is -1.90. The maximum absolute atomic E-state index is 13.4. The fourth-order valence-electron chi connectivity index (χ4n) is 3.82. The minimum Gasteiger partial charge on any atom is -0.497 e. The first-order valence-electron chi connectivity index (χ1n) is 11.3. The minimum absolute atomic E-state index is 0.00937. The number of guanidine groups is 1. The zero-order valence-electron chi connectivity index (χ0n) is 20.7. The number of ether oxygens (including phenoxy) is 2. The molecule has 0 aliphatic rings. The van der Waals surface area contributed by atoms with Crippen LogP contribution >= 0.6 is 0 Å². The molecular weight excluding hydrogens is 466 g/mol. The highest BCUT2D eigenvalue weighted by Gasteiger charge is 2.48. The Labute approximate surface area is 210 Å². The minimum atomic E-state index is -2.06. The van der Waals surface area contributed by atoms with E-state index < -0.39 is 23.4 Å². The van der Waals surface area contributed by atoms with Crippen LogP contribution in [-0.2, 0) is 27.3 Å². The highest BCUT2D eigenvalue weighted by Crippen LogP contribution is 2.26. The van der Waals surface area contributed by atoms with Crippen molar-refractivity contribution in [3.63, 3.8) is 0 Å². The molecule has 0 bridgehead atoms. The van der Waals surface area contributed by atoms with E-state index in [2.05, 4.69) is 10.3 Å². The van der Waals surface area contributed by atoms with Gasteiger partial charge in [0.15, 0.2) is 11.6 Å². The maximum atomic E-state index is 13.4. The summed E-state index contributed by atoms with van der Waals surface area (Å²) in [7, 11) is 2.99. The second-order valence-electron chi connectivity index (χ2n) is 8.06. The molecule has 0 aliphatic carbocycles. The Bertz CT molecular complexity index is 1070. The number of carbonyl (C=O) groups is 3. The van der Waals surface area contributed by atoms with Gasteiger partial charge in [0.2, 0.25) is 11.8 Å². The van der Waals surface area contributed by atoms with Crippen molar-refractivity contribution in [1.29, 1.82) is 0 Å². The van der Waals surface area contributed by atoms with E-state index in [1.807, 2.05) is 0 Å². The number of hydrogen-bond donors (Lipinski definition) is 4. The average molecular weight is 500 g/mol. The van der Waals surface area contributed by atoms with E-state index in [-0.39, 0.29) is 38.3 Å². The number of aliphatic carboxylic acids is 1. The van der Waals surface area contributed by atoms with Gasteiger partial charge in [-0.1, -0.05) is 30.3 Å². The SMILES string of the molecule is COc1cc(CN[C@](CCCN=C(N)N)(C(=O)O)N(C(C)=O)C(=O)Cc2ccccc2)cc(OC)c1. The predicted molar refractivity (Wildman–Crippen MR) is 134 cm³/mol. The number of carboxylic acid groups (broad SMARTS) is 1. The maximum Gasteiger partial charge on any atom is 0.345 e. The molecule has 0 saturated carbocycles. The normalized spacial score (nSPS) is 12.2. The number of aliphatic imine (C=N–C) groups is 1. The number of hydrogen-bond acceptors (Lipinski definition) is 7. The molecule has 6 N–H and O–H groups in total. The van der Waals surface area contributed by atoms with Crippen molar-refractivity contribution in [2.24, 2.45) is 16.5 Å². The number of carboxylic acids is 1. The number of carbonyl (C=O) groups excluding carboxylic acids is 2. The van der Waals surface area contributed by atoms with E-state index in [0.717, 1.165) is 11.8 Å². The summed E-state index contributed by atoms with van der Waals surface area (Å²) in [5.41, 5.74) is 9.98. The van der Waals surface area contributed by atoms with Gasteiger partial charge in [0.05, 0.1) is 20.6 Å². The number of methoxy groups -OCH3 is 2. The molecule has 0 heterocycles. The second kappa shape index (κ2) is 13.1. The molecule has 2 rings (SSSR count). The summed E-state index contributed by atoms with van der Waals surface area (Å²) < 4.78 is 10.6. The number of nitrogens with one attached hydrogen (secondary N) is 1. The summed E-state index contributed by atoms with van der Waals surface area (Å²) in [5, 5.41) is 13.4. The Balaban J connectivity index is 2.47. The van der Waals surface area contributed by atoms with Gasteiger partial charge in [-0.25, -0.2) is 4.79 Å². The van der Waals surface area contributed by atoms with Crippen molar-refractivity contribution in [2.45, 2.75) is 38.4 Å². The zero-order chi connectivity index (χ0) is 26.7. The van der Waals surface area contributed by atoms with Gasteiger partial charge < -0.3 is 26.0 Å². The van der Waals surface area contributed by atoms with Gasteiger partial charge in [0.25, 0.3) is 0 Å². The van der Waals surface area contributed by atoms with E-state index in [4.69, 9.17) is 20.9 Å². The van der Waals surface area contributed by atoms with E-state index >= 15 is 0 Å². The molecule has 11 nitrogen and oxygen atoms in total. The van der Waals surface area contributed by atoms with Crippen LogP contribution in [0.3, 0.4) is 0 Å². The van der Waals surface area contributed by atoms with Crippen molar-refractivity contribution in [2.75, 3.05) is 20.8 Å². The Morgan fingerprint density at radius 3 is 2.14 bits per heavy atom. The molecule has 0 radical (unpaired) electrons. The summed E-state index contributed by atoms with van der Waals surface area (Å²) in [4.78, 5) is 43.6. The Morgan fingerprint density at radius 1 is 1.03 bits per heavy atom. The first-order valence-corrected chi connectivity index (χ1v) is 11.3. The van der Waals surface area contributed by atoms with Gasteiger partial charge in [0, 0.05) is 26.1 Å². The van der Waals surface area contributed by atoms with Gasteiger partial charge in [-0.15, -0.1) is 0 Å². The first kappa shape index (κ1) is 28.1. The van der Waals surface area contributed by atoms with Crippen LogP contribution in [0.5, 0.6) is 11.5 Å². The molecule has 11 heteroatoms. The molecule has 0 aliphatic heterocycles. The van der Waals surface area contributed by atoms with Crippen LogP contribution in [0.2, 0.25) is 0 Å².